The Bertz CT molecular complexity index is 584. The summed E-state index contributed by atoms with van der Waals surface area (Å²) in [4.78, 5) is 14.8. The maximum absolute atomic E-state index is 10.5. The van der Waals surface area contributed by atoms with Crippen LogP contribution in [0.3, 0.4) is 0 Å². The molecule has 0 amide bonds. The van der Waals surface area contributed by atoms with Crippen molar-refractivity contribution in [2.24, 2.45) is 37.5 Å². The van der Waals surface area contributed by atoms with E-state index in [4.69, 9.17) is 16.4 Å². The molecular formula is C24H51N5O2. The Morgan fingerprint density at radius 1 is 0.935 bits per heavy atom. The maximum atomic E-state index is 10.5. The Hall–Kier alpha value is -1.92. The second-order valence-corrected chi connectivity index (χ2v) is 11.8. The molecule has 0 aromatic carbocycles. The van der Waals surface area contributed by atoms with Gasteiger partial charge in [0, 0.05) is 28.5 Å². The minimum Gasteiger partial charge on any atom is -0.409 e. The Balaban J connectivity index is -0.000000340. The lowest BCUT2D eigenvalue weighted by Gasteiger charge is -2.18. The van der Waals surface area contributed by atoms with Crippen molar-refractivity contribution in [1.82, 2.24) is 5.32 Å². The lowest BCUT2D eigenvalue weighted by Crippen LogP contribution is -2.31. The largest absolute Gasteiger partial charge is 0.409 e. The third-order valence-corrected chi connectivity index (χ3v) is 4.44. The smallest absolute Gasteiger partial charge is 0.144 e. The van der Waals surface area contributed by atoms with Gasteiger partial charge < -0.3 is 21.7 Å². The molecule has 0 radical (unpaired) electrons. The Labute approximate surface area is 191 Å². The van der Waals surface area contributed by atoms with Crippen LogP contribution in [0.1, 0.15) is 96.9 Å². The summed E-state index contributed by atoms with van der Waals surface area (Å²) >= 11 is 0. The number of nitrogens with one attached hydrogen (secondary N) is 2. The molecule has 7 nitrogen and oxygen atoms in total. The number of hydrogen-bond acceptors (Lipinski definition) is 6. The number of nitrogens with two attached hydrogens (primary N) is 1. The van der Waals surface area contributed by atoms with Gasteiger partial charge in [0.15, 0.2) is 0 Å². The third kappa shape index (κ3) is 19.8. The average molecular weight is 442 g/mol. The van der Waals surface area contributed by atoms with Crippen LogP contribution in [-0.4, -0.2) is 41.5 Å². The highest BCUT2D eigenvalue weighted by Crippen LogP contribution is 2.16. The van der Waals surface area contributed by atoms with Crippen LogP contribution in [0.25, 0.3) is 0 Å². The SMILES string of the molecule is CC(=N)C(C)(C)C.CC(=O)C(C)(C)C.CC(C)(C)C(N)=NO.CC(C)(C)C1=NCCN1. The summed E-state index contributed by atoms with van der Waals surface area (Å²) in [5.41, 5.74) is 5.94. The second-order valence-electron chi connectivity index (χ2n) is 11.8. The number of carbonyl (C=O) groups is 1. The van der Waals surface area contributed by atoms with Crippen LogP contribution < -0.4 is 11.1 Å². The molecule has 0 aromatic rings. The second kappa shape index (κ2) is 13.5. The first-order valence-electron chi connectivity index (χ1n) is 10.8. The number of oxime groups is 1. The number of rotatable bonds is 0. The molecule has 0 aromatic heterocycles. The van der Waals surface area contributed by atoms with E-state index in [1.807, 2.05) is 69.2 Å². The summed E-state index contributed by atoms with van der Waals surface area (Å²) in [6.45, 7) is 29.4. The van der Waals surface area contributed by atoms with E-state index < -0.39 is 0 Å². The van der Waals surface area contributed by atoms with Crippen molar-refractivity contribution >= 4 is 23.2 Å². The highest BCUT2D eigenvalue weighted by Gasteiger charge is 2.20. The van der Waals surface area contributed by atoms with Crippen molar-refractivity contribution in [3.63, 3.8) is 0 Å². The molecule has 31 heavy (non-hydrogen) atoms. The van der Waals surface area contributed by atoms with Crippen molar-refractivity contribution < 1.29 is 10.0 Å². The summed E-state index contributed by atoms with van der Waals surface area (Å²) < 4.78 is 0. The van der Waals surface area contributed by atoms with Gasteiger partial charge in [-0.25, -0.2) is 0 Å². The summed E-state index contributed by atoms with van der Waals surface area (Å²) in [7, 11) is 0. The molecule has 7 heteroatoms. The van der Waals surface area contributed by atoms with Gasteiger partial charge in [0.05, 0.1) is 6.54 Å². The van der Waals surface area contributed by atoms with Crippen LogP contribution in [0.15, 0.2) is 10.1 Å². The number of Topliss-reactive ketones (excluding diaryl/α,β-unsaturated/α-hetero) is 1. The number of amidine groups is 2. The van der Waals surface area contributed by atoms with Crippen LogP contribution >= 0.6 is 0 Å². The Kier molecular flexibility index (Phi) is 14.7. The zero-order valence-electron chi connectivity index (χ0n) is 22.7. The van der Waals surface area contributed by atoms with Gasteiger partial charge in [-0.15, -0.1) is 0 Å². The zero-order chi connectivity index (χ0) is 25.8. The molecule has 0 aliphatic carbocycles. The first-order chi connectivity index (χ1) is 13.5. The molecule has 184 valence electrons. The number of nitrogens with zero attached hydrogens (tertiary/aromatic N) is 2. The van der Waals surface area contributed by atoms with E-state index in [0.717, 1.165) is 24.6 Å². The van der Waals surface area contributed by atoms with E-state index in [-0.39, 0.29) is 33.3 Å². The van der Waals surface area contributed by atoms with E-state index in [2.05, 4.69) is 36.2 Å². The van der Waals surface area contributed by atoms with Crippen LogP contribution in [0.2, 0.25) is 0 Å². The van der Waals surface area contributed by atoms with Crippen molar-refractivity contribution in [3.05, 3.63) is 0 Å². The molecule has 0 atom stereocenters. The molecule has 0 bridgehead atoms. The molecule has 0 spiro atoms. The molecule has 0 fully saturated rings. The molecule has 0 saturated carbocycles. The normalized spacial score (nSPS) is 14.4. The molecule has 0 saturated heterocycles. The van der Waals surface area contributed by atoms with Gasteiger partial charge in [0.25, 0.3) is 0 Å². The minimum atomic E-state index is -0.214. The molecule has 1 aliphatic heterocycles. The van der Waals surface area contributed by atoms with Gasteiger partial charge in [-0.05, 0) is 19.3 Å². The highest BCUT2D eigenvalue weighted by molar-refractivity contribution is 5.88. The number of carbonyl (C=O) groups excluding carboxylic acids is 1. The monoisotopic (exact) mass is 441 g/mol. The molecular weight excluding hydrogens is 390 g/mol. The summed E-state index contributed by atoms with van der Waals surface area (Å²) in [6, 6.07) is 0. The number of ketones is 1. The standard InChI is InChI=1S/C7H14N2.C6H13N.C6H12O.C5H12N2O/c1-7(2,3)6-8-4-5-9-6;2*1-5(7)6(2,3)4;1-5(2,3)4(6)7-8/h4-5H2,1-3H3,(H,8,9);7H,1-4H3;1-4H3;8H,1-3H3,(H2,6,7). The van der Waals surface area contributed by atoms with Crippen LogP contribution in [0.4, 0.5) is 0 Å². The predicted molar refractivity (Wildman–Crippen MR) is 136 cm³/mol. The quantitative estimate of drug-likeness (QED) is 0.171. The van der Waals surface area contributed by atoms with E-state index in [9.17, 15) is 4.79 Å². The van der Waals surface area contributed by atoms with Gasteiger partial charge >= 0.3 is 0 Å². The van der Waals surface area contributed by atoms with Gasteiger partial charge in [0.1, 0.15) is 17.5 Å². The van der Waals surface area contributed by atoms with E-state index in [1.54, 1.807) is 6.92 Å². The fraction of sp³-hybridized carbons (Fsp3) is 0.833. The average Bonchev–Trinajstić information content (AvgIpc) is 3.07. The summed E-state index contributed by atoms with van der Waals surface area (Å²) in [5, 5.41) is 21.4. The molecule has 1 rings (SSSR count). The van der Waals surface area contributed by atoms with E-state index >= 15 is 0 Å². The first kappa shape index (κ1) is 33.7. The van der Waals surface area contributed by atoms with Gasteiger partial charge in [-0.2, -0.15) is 0 Å². The fourth-order valence-electron chi connectivity index (χ4n) is 1.05. The third-order valence-electron chi connectivity index (χ3n) is 4.44. The van der Waals surface area contributed by atoms with E-state index in [0.29, 0.717) is 0 Å². The zero-order valence-corrected chi connectivity index (χ0v) is 22.7. The lowest BCUT2D eigenvalue weighted by molar-refractivity contribution is -0.124. The molecule has 0 unspecified atom stereocenters. The van der Waals surface area contributed by atoms with Crippen molar-refractivity contribution in [1.29, 1.82) is 5.41 Å². The van der Waals surface area contributed by atoms with Gasteiger partial charge in [-0.1, -0.05) is 88.2 Å². The topological polar surface area (TPSA) is 124 Å². The predicted octanol–water partition coefficient (Wildman–Crippen LogP) is 5.51. The fourth-order valence-corrected chi connectivity index (χ4v) is 1.05. The molecule has 5 N–H and O–H groups in total. The van der Waals surface area contributed by atoms with Crippen molar-refractivity contribution in [2.75, 3.05) is 13.1 Å². The Morgan fingerprint density at radius 2 is 1.29 bits per heavy atom. The number of hydrogen-bond donors (Lipinski definition) is 4. The molecule has 1 aliphatic rings. The minimum absolute atomic E-state index is 0.0833. The highest BCUT2D eigenvalue weighted by atomic mass is 16.4. The van der Waals surface area contributed by atoms with E-state index in [1.165, 1.54) is 0 Å². The van der Waals surface area contributed by atoms with Crippen molar-refractivity contribution in [3.8, 4) is 0 Å². The van der Waals surface area contributed by atoms with Crippen LogP contribution in [-0.2, 0) is 4.79 Å². The maximum Gasteiger partial charge on any atom is 0.144 e. The van der Waals surface area contributed by atoms with Crippen LogP contribution in [0.5, 0.6) is 0 Å². The first-order valence-corrected chi connectivity index (χ1v) is 10.8. The van der Waals surface area contributed by atoms with Crippen molar-refractivity contribution in [2.45, 2.75) is 96.9 Å². The summed E-state index contributed by atoms with van der Waals surface area (Å²) in [6.07, 6.45) is 0. The number of aliphatic imine (C=N–C) groups is 1. The van der Waals surface area contributed by atoms with Gasteiger partial charge in [-0.3, -0.25) is 9.79 Å². The van der Waals surface area contributed by atoms with Gasteiger partial charge in [0.2, 0.25) is 0 Å². The lowest BCUT2D eigenvalue weighted by atomic mass is 9.91. The summed E-state index contributed by atoms with van der Waals surface area (Å²) in [5.74, 6) is 1.66. The van der Waals surface area contributed by atoms with Crippen LogP contribution in [0, 0.1) is 27.1 Å². The Morgan fingerprint density at radius 3 is 1.35 bits per heavy atom. The molecule has 1 heterocycles.